The fourth-order valence-electron chi connectivity index (χ4n) is 3.51. The molecular formula is C21H24N4O. The lowest BCUT2D eigenvalue weighted by Gasteiger charge is -2.34. The fourth-order valence-corrected chi connectivity index (χ4v) is 3.51. The molecule has 134 valence electrons. The Morgan fingerprint density at radius 2 is 1.81 bits per heavy atom. The Balaban J connectivity index is 1.39. The molecule has 0 spiro atoms. The summed E-state index contributed by atoms with van der Waals surface area (Å²) in [6, 6.07) is 14.9. The van der Waals surface area contributed by atoms with Gasteiger partial charge in [0.05, 0.1) is 31.1 Å². The highest BCUT2D eigenvalue weighted by Gasteiger charge is 2.26. The molecule has 0 unspecified atom stereocenters. The van der Waals surface area contributed by atoms with Crippen molar-refractivity contribution in [3.8, 4) is 0 Å². The highest BCUT2D eigenvalue weighted by Crippen LogP contribution is 2.27. The van der Waals surface area contributed by atoms with Crippen molar-refractivity contribution in [2.45, 2.75) is 39.3 Å². The van der Waals surface area contributed by atoms with E-state index in [2.05, 4.69) is 56.7 Å². The number of pyridine rings is 1. The molecule has 0 saturated carbocycles. The molecule has 5 nitrogen and oxygen atoms in total. The van der Waals surface area contributed by atoms with Gasteiger partial charge in [-0.3, -0.25) is 9.88 Å². The van der Waals surface area contributed by atoms with Crippen molar-refractivity contribution < 1.29 is 4.74 Å². The first-order chi connectivity index (χ1) is 12.8. The normalized spacial score (nSPS) is 17.2. The number of rotatable bonds is 6. The summed E-state index contributed by atoms with van der Waals surface area (Å²) in [5.74, 6) is 1.13. The molecule has 26 heavy (non-hydrogen) atoms. The van der Waals surface area contributed by atoms with Crippen LogP contribution in [0.15, 0.2) is 61.1 Å². The van der Waals surface area contributed by atoms with Gasteiger partial charge in [0.2, 0.25) is 0 Å². The van der Waals surface area contributed by atoms with Crippen LogP contribution in [0.25, 0.3) is 0 Å². The molecule has 3 aromatic rings. The van der Waals surface area contributed by atoms with Crippen LogP contribution in [0.4, 0.5) is 0 Å². The Labute approximate surface area is 154 Å². The Kier molecular flexibility index (Phi) is 5.09. The molecule has 2 aromatic heterocycles. The van der Waals surface area contributed by atoms with E-state index >= 15 is 0 Å². The summed E-state index contributed by atoms with van der Waals surface area (Å²) >= 11 is 0. The van der Waals surface area contributed by atoms with Crippen molar-refractivity contribution in [2.24, 2.45) is 0 Å². The standard InChI is InChI=1S/C21H24N4O/c1-17-21-23-13-20(16-26-15-19-7-9-22-10-8-19)25(21)12-11-24(17)14-18-5-3-2-4-6-18/h2-10,13,17H,11-12,14-16H2,1H3/t17-/m1/s1. The molecular weight excluding hydrogens is 324 g/mol. The second-order valence-electron chi connectivity index (χ2n) is 6.74. The minimum absolute atomic E-state index is 0.304. The van der Waals surface area contributed by atoms with Gasteiger partial charge in [-0.05, 0) is 30.2 Å². The van der Waals surface area contributed by atoms with Crippen LogP contribution >= 0.6 is 0 Å². The summed E-state index contributed by atoms with van der Waals surface area (Å²) < 4.78 is 8.20. The van der Waals surface area contributed by atoms with Crippen LogP contribution in [0.2, 0.25) is 0 Å². The molecule has 3 heterocycles. The monoisotopic (exact) mass is 348 g/mol. The molecule has 5 heteroatoms. The van der Waals surface area contributed by atoms with Crippen molar-refractivity contribution in [1.82, 2.24) is 19.4 Å². The van der Waals surface area contributed by atoms with Gasteiger partial charge in [-0.15, -0.1) is 0 Å². The molecule has 0 amide bonds. The average Bonchev–Trinajstić information content (AvgIpc) is 3.10. The van der Waals surface area contributed by atoms with E-state index in [9.17, 15) is 0 Å². The number of hydrogen-bond donors (Lipinski definition) is 0. The first-order valence-corrected chi connectivity index (χ1v) is 9.10. The molecule has 1 aliphatic rings. The molecule has 0 saturated heterocycles. The van der Waals surface area contributed by atoms with Crippen LogP contribution in [0, 0.1) is 0 Å². The number of fused-ring (bicyclic) bond motifs is 1. The van der Waals surface area contributed by atoms with Gasteiger partial charge in [-0.25, -0.2) is 4.98 Å². The third kappa shape index (κ3) is 3.69. The van der Waals surface area contributed by atoms with Crippen LogP contribution in [0.1, 0.15) is 35.6 Å². The first kappa shape index (κ1) is 16.9. The van der Waals surface area contributed by atoms with Crippen LogP contribution in [0.5, 0.6) is 0 Å². The Morgan fingerprint density at radius 1 is 1.00 bits per heavy atom. The van der Waals surface area contributed by atoms with Gasteiger partial charge < -0.3 is 9.30 Å². The molecule has 0 fully saturated rings. The molecule has 0 bridgehead atoms. The SMILES string of the molecule is C[C@@H]1c2ncc(COCc3ccncc3)n2CCN1Cc1ccccc1. The van der Waals surface area contributed by atoms with E-state index in [0.29, 0.717) is 19.3 Å². The number of hydrogen-bond acceptors (Lipinski definition) is 4. The minimum Gasteiger partial charge on any atom is -0.370 e. The maximum absolute atomic E-state index is 5.89. The van der Waals surface area contributed by atoms with Gasteiger partial charge in [0, 0.05) is 32.0 Å². The largest absolute Gasteiger partial charge is 0.370 e. The van der Waals surface area contributed by atoms with Crippen LogP contribution in [-0.4, -0.2) is 26.0 Å². The van der Waals surface area contributed by atoms with E-state index in [1.54, 1.807) is 12.4 Å². The average molecular weight is 348 g/mol. The molecule has 0 aliphatic carbocycles. The summed E-state index contributed by atoms with van der Waals surface area (Å²) in [4.78, 5) is 11.2. The zero-order valence-electron chi connectivity index (χ0n) is 15.1. The number of nitrogens with zero attached hydrogens (tertiary/aromatic N) is 4. The highest BCUT2D eigenvalue weighted by molar-refractivity contribution is 5.16. The topological polar surface area (TPSA) is 43.2 Å². The zero-order valence-corrected chi connectivity index (χ0v) is 15.1. The van der Waals surface area contributed by atoms with Gasteiger partial charge in [-0.2, -0.15) is 0 Å². The van der Waals surface area contributed by atoms with E-state index in [0.717, 1.165) is 36.7 Å². The van der Waals surface area contributed by atoms with Gasteiger partial charge in [-0.1, -0.05) is 30.3 Å². The summed E-state index contributed by atoms with van der Waals surface area (Å²) in [5, 5.41) is 0. The van der Waals surface area contributed by atoms with E-state index in [-0.39, 0.29) is 0 Å². The van der Waals surface area contributed by atoms with Crippen molar-refractivity contribution in [1.29, 1.82) is 0 Å². The second kappa shape index (κ2) is 7.81. The number of aromatic nitrogens is 3. The molecule has 1 atom stereocenters. The third-order valence-electron chi connectivity index (χ3n) is 5.00. The minimum atomic E-state index is 0.304. The van der Waals surface area contributed by atoms with E-state index < -0.39 is 0 Å². The number of benzene rings is 1. The number of imidazole rings is 1. The van der Waals surface area contributed by atoms with E-state index in [1.165, 1.54) is 5.56 Å². The molecule has 0 radical (unpaired) electrons. The zero-order chi connectivity index (χ0) is 17.8. The number of ether oxygens (including phenoxy) is 1. The smallest absolute Gasteiger partial charge is 0.126 e. The lowest BCUT2D eigenvalue weighted by molar-refractivity contribution is 0.0970. The van der Waals surface area contributed by atoms with Crippen molar-refractivity contribution in [2.75, 3.05) is 6.54 Å². The van der Waals surface area contributed by atoms with Crippen molar-refractivity contribution in [3.05, 3.63) is 83.7 Å². The van der Waals surface area contributed by atoms with Crippen LogP contribution in [0.3, 0.4) is 0 Å². The van der Waals surface area contributed by atoms with Crippen molar-refractivity contribution in [3.63, 3.8) is 0 Å². The first-order valence-electron chi connectivity index (χ1n) is 9.10. The van der Waals surface area contributed by atoms with Crippen molar-refractivity contribution >= 4 is 0 Å². The van der Waals surface area contributed by atoms with Gasteiger partial charge >= 0.3 is 0 Å². The predicted octanol–water partition coefficient (Wildman–Crippen LogP) is 3.57. The Bertz CT molecular complexity index is 832. The summed E-state index contributed by atoms with van der Waals surface area (Å²) in [5.41, 5.74) is 3.64. The quantitative estimate of drug-likeness (QED) is 0.683. The maximum Gasteiger partial charge on any atom is 0.126 e. The van der Waals surface area contributed by atoms with Gasteiger partial charge in [0.1, 0.15) is 5.82 Å². The molecule has 1 aliphatic heterocycles. The highest BCUT2D eigenvalue weighted by atomic mass is 16.5. The fraction of sp³-hybridized carbons (Fsp3) is 0.333. The Morgan fingerprint density at radius 3 is 2.62 bits per heavy atom. The summed E-state index contributed by atoms with van der Waals surface area (Å²) in [6.45, 7) is 6.36. The maximum atomic E-state index is 5.89. The summed E-state index contributed by atoms with van der Waals surface area (Å²) in [6.07, 6.45) is 5.55. The summed E-state index contributed by atoms with van der Waals surface area (Å²) in [7, 11) is 0. The van der Waals surface area contributed by atoms with Gasteiger partial charge in [0.15, 0.2) is 0 Å². The lowest BCUT2D eigenvalue weighted by Crippen LogP contribution is -2.37. The molecule has 0 N–H and O–H groups in total. The molecule has 1 aromatic carbocycles. The van der Waals surface area contributed by atoms with Crippen LogP contribution in [-0.2, 0) is 31.0 Å². The predicted molar refractivity (Wildman–Crippen MR) is 100 cm³/mol. The van der Waals surface area contributed by atoms with E-state index in [4.69, 9.17) is 4.74 Å². The van der Waals surface area contributed by atoms with E-state index in [1.807, 2.05) is 18.3 Å². The third-order valence-corrected chi connectivity index (χ3v) is 5.00. The lowest BCUT2D eigenvalue weighted by atomic mass is 10.1. The Hall–Kier alpha value is -2.50. The van der Waals surface area contributed by atoms with Gasteiger partial charge in [0.25, 0.3) is 0 Å². The van der Waals surface area contributed by atoms with Crippen LogP contribution < -0.4 is 0 Å². The molecule has 4 rings (SSSR count). The second-order valence-corrected chi connectivity index (χ2v) is 6.74.